The van der Waals surface area contributed by atoms with Crippen molar-refractivity contribution in [2.75, 3.05) is 7.11 Å². The zero-order chi connectivity index (χ0) is 18.5. The number of hydrogen-bond donors (Lipinski definition) is 1. The molecule has 132 valence electrons. The van der Waals surface area contributed by atoms with Gasteiger partial charge in [-0.3, -0.25) is 4.79 Å². The highest BCUT2D eigenvalue weighted by Crippen LogP contribution is 2.25. The van der Waals surface area contributed by atoms with Crippen LogP contribution in [0.15, 0.2) is 72.8 Å². The van der Waals surface area contributed by atoms with Crippen molar-refractivity contribution >= 4 is 5.91 Å². The summed E-state index contributed by atoms with van der Waals surface area (Å²) >= 11 is 0. The average Bonchev–Trinajstić information content (AvgIpc) is 2.67. The van der Waals surface area contributed by atoms with Gasteiger partial charge in [-0.15, -0.1) is 0 Å². The van der Waals surface area contributed by atoms with Crippen LogP contribution in [0, 0.1) is 13.8 Å². The molecule has 0 fully saturated rings. The van der Waals surface area contributed by atoms with E-state index in [2.05, 4.69) is 5.32 Å². The normalized spacial score (nSPS) is 11.7. The summed E-state index contributed by atoms with van der Waals surface area (Å²) in [6, 6.07) is 23.4. The Morgan fingerprint density at radius 1 is 0.885 bits per heavy atom. The van der Waals surface area contributed by atoms with Gasteiger partial charge in [0.2, 0.25) is 0 Å². The highest BCUT2D eigenvalue weighted by molar-refractivity contribution is 5.96. The molecule has 0 aliphatic rings. The molecule has 0 saturated carbocycles. The third-order valence-electron chi connectivity index (χ3n) is 4.48. The van der Waals surface area contributed by atoms with Gasteiger partial charge in [-0.25, -0.2) is 0 Å². The molecular weight excluding hydrogens is 322 g/mol. The lowest BCUT2D eigenvalue weighted by atomic mass is 9.97. The largest absolute Gasteiger partial charge is 0.497 e. The summed E-state index contributed by atoms with van der Waals surface area (Å²) in [5, 5.41) is 3.18. The minimum atomic E-state index is -0.227. The van der Waals surface area contributed by atoms with Gasteiger partial charge in [0.25, 0.3) is 5.91 Å². The van der Waals surface area contributed by atoms with Crippen LogP contribution in [0.2, 0.25) is 0 Å². The van der Waals surface area contributed by atoms with E-state index in [1.165, 1.54) is 0 Å². The molecule has 1 atom stereocenters. The van der Waals surface area contributed by atoms with Gasteiger partial charge in [-0.05, 0) is 48.7 Å². The molecule has 3 rings (SSSR count). The van der Waals surface area contributed by atoms with Crippen LogP contribution in [0.3, 0.4) is 0 Å². The Labute approximate surface area is 154 Å². The van der Waals surface area contributed by atoms with Crippen LogP contribution in [0.25, 0.3) is 0 Å². The maximum atomic E-state index is 12.9. The van der Waals surface area contributed by atoms with Gasteiger partial charge >= 0.3 is 0 Å². The van der Waals surface area contributed by atoms with Crippen molar-refractivity contribution in [3.63, 3.8) is 0 Å². The zero-order valence-electron chi connectivity index (χ0n) is 15.3. The Morgan fingerprint density at radius 3 is 2.15 bits per heavy atom. The van der Waals surface area contributed by atoms with Crippen LogP contribution in [0.4, 0.5) is 0 Å². The van der Waals surface area contributed by atoms with Crippen molar-refractivity contribution in [1.29, 1.82) is 0 Å². The fourth-order valence-electron chi connectivity index (χ4n) is 3.08. The average molecular weight is 345 g/mol. The summed E-state index contributed by atoms with van der Waals surface area (Å²) in [6.07, 6.45) is 0. The molecule has 3 aromatic rings. The first-order valence-electron chi connectivity index (χ1n) is 8.65. The van der Waals surface area contributed by atoms with E-state index in [0.29, 0.717) is 5.56 Å². The lowest BCUT2D eigenvalue weighted by molar-refractivity contribution is 0.0942. The van der Waals surface area contributed by atoms with Crippen LogP contribution in [0.5, 0.6) is 5.75 Å². The topological polar surface area (TPSA) is 38.3 Å². The molecule has 0 aromatic heterocycles. The number of rotatable bonds is 5. The Morgan fingerprint density at radius 2 is 1.54 bits per heavy atom. The van der Waals surface area contributed by atoms with E-state index in [1.54, 1.807) is 7.11 Å². The third-order valence-corrected chi connectivity index (χ3v) is 4.48. The molecule has 0 bridgehead atoms. The van der Waals surface area contributed by atoms with E-state index in [-0.39, 0.29) is 11.9 Å². The van der Waals surface area contributed by atoms with E-state index >= 15 is 0 Å². The van der Waals surface area contributed by atoms with Crippen molar-refractivity contribution in [3.05, 3.63) is 101 Å². The molecule has 1 N–H and O–H groups in total. The number of aryl methyl sites for hydroxylation is 2. The van der Waals surface area contributed by atoms with Crippen molar-refractivity contribution in [2.24, 2.45) is 0 Å². The summed E-state index contributed by atoms with van der Waals surface area (Å²) in [7, 11) is 1.64. The molecule has 3 aromatic carbocycles. The SMILES string of the molecule is COc1ccc(C(NC(=O)c2ccc(C)cc2C)c2ccccc2)cc1. The molecule has 0 radical (unpaired) electrons. The van der Waals surface area contributed by atoms with E-state index in [4.69, 9.17) is 4.74 Å². The fourth-order valence-corrected chi connectivity index (χ4v) is 3.08. The van der Waals surface area contributed by atoms with E-state index < -0.39 is 0 Å². The molecule has 3 heteroatoms. The summed E-state index contributed by atoms with van der Waals surface area (Å²) < 4.78 is 5.24. The van der Waals surface area contributed by atoms with Gasteiger partial charge in [-0.1, -0.05) is 60.2 Å². The lowest BCUT2D eigenvalue weighted by Crippen LogP contribution is -2.29. The lowest BCUT2D eigenvalue weighted by Gasteiger charge is -2.21. The van der Waals surface area contributed by atoms with Gasteiger partial charge < -0.3 is 10.1 Å². The van der Waals surface area contributed by atoms with Crippen LogP contribution in [-0.2, 0) is 0 Å². The maximum Gasteiger partial charge on any atom is 0.252 e. The summed E-state index contributed by atoms with van der Waals surface area (Å²) in [4.78, 5) is 12.9. The predicted molar refractivity (Wildman–Crippen MR) is 105 cm³/mol. The number of methoxy groups -OCH3 is 1. The Balaban J connectivity index is 1.94. The molecule has 3 nitrogen and oxygen atoms in total. The van der Waals surface area contributed by atoms with Crippen molar-refractivity contribution in [1.82, 2.24) is 5.32 Å². The number of carbonyl (C=O) groups excluding carboxylic acids is 1. The molecule has 0 heterocycles. The zero-order valence-corrected chi connectivity index (χ0v) is 15.3. The number of benzene rings is 3. The molecule has 0 aliphatic heterocycles. The van der Waals surface area contributed by atoms with Gasteiger partial charge in [0.05, 0.1) is 13.2 Å². The van der Waals surface area contributed by atoms with E-state index in [1.807, 2.05) is 86.6 Å². The monoisotopic (exact) mass is 345 g/mol. The number of hydrogen-bond acceptors (Lipinski definition) is 2. The standard InChI is InChI=1S/C23H23NO2/c1-16-9-14-21(17(2)15-16)23(25)24-22(18-7-5-4-6-8-18)19-10-12-20(26-3)13-11-19/h4-15,22H,1-3H3,(H,24,25). The van der Waals surface area contributed by atoms with Crippen LogP contribution in [-0.4, -0.2) is 13.0 Å². The Kier molecular flexibility index (Phi) is 5.37. The van der Waals surface area contributed by atoms with Gasteiger partial charge in [0, 0.05) is 5.56 Å². The number of carbonyl (C=O) groups is 1. The molecular formula is C23H23NO2. The highest BCUT2D eigenvalue weighted by Gasteiger charge is 2.19. The summed E-state index contributed by atoms with van der Waals surface area (Å²) in [5.74, 6) is 0.716. The van der Waals surface area contributed by atoms with Crippen molar-refractivity contribution in [2.45, 2.75) is 19.9 Å². The Hall–Kier alpha value is -3.07. The maximum absolute atomic E-state index is 12.9. The van der Waals surface area contributed by atoms with Crippen LogP contribution < -0.4 is 10.1 Å². The number of ether oxygens (including phenoxy) is 1. The second-order valence-electron chi connectivity index (χ2n) is 6.41. The first-order valence-corrected chi connectivity index (χ1v) is 8.65. The first kappa shape index (κ1) is 17.7. The second kappa shape index (κ2) is 7.87. The quantitative estimate of drug-likeness (QED) is 0.719. The molecule has 0 aliphatic carbocycles. The third kappa shape index (κ3) is 3.94. The molecule has 0 spiro atoms. The summed E-state index contributed by atoms with van der Waals surface area (Å²) in [5.41, 5.74) is 4.87. The van der Waals surface area contributed by atoms with Gasteiger partial charge in [0.15, 0.2) is 0 Å². The predicted octanol–water partition coefficient (Wildman–Crippen LogP) is 4.83. The van der Waals surface area contributed by atoms with Gasteiger partial charge in [-0.2, -0.15) is 0 Å². The molecule has 26 heavy (non-hydrogen) atoms. The van der Waals surface area contributed by atoms with Gasteiger partial charge in [0.1, 0.15) is 5.75 Å². The summed E-state index contributed by atoms with van der Waals surface area (Å²) in [6.45, 7) is 3.99. The fraction of sp³-hybridized carbons (Fsp3) is 0.174. The smallest absolute Gasteiger partial charge is 0.252 e. The van der Waals surface area contributed by atoms with Crippen molar-refractivity contribution < 1.29 is 9.53 Å². The number of amides is 1. The molecule has 1 unspecified atom stereocenters. The van der Waals surface area contributed by atoms with Crippen LogP contribution in [0.1, 0.15) is 38.7 Å². The van der Waals surface area contributed by atoms with Crippen LogP contribution >= 0.6 is 0 Å². The first-order chi connectivity index (χ1) is 12.6. The minimum absolute atomic E-state index is 0.0767. The second-order valence-corrected chi connectivity index (χ2v) is 6.41. The highest BCUT2D eigenvalue weighted by atomic mass is 16.5. The number of nitrogens with one attached hydrogen (secondary N) is 1. The van der Waals surface area contributed by atoms with E-state index in [0.717, 1.165) is 28.0 Å². The molecule has 1 amide bonds. The van der Waals surface area contributed by atoms with E-state index in [9.17, 15) is 4.79 Å². The minimum Gasteiger partial charge on any atom is -0.497 e. The Bertz CT molecular complexity index is 886. The molecule has 0 saturated heterocycles. The van der Waals surface area contributed by atoms with Crippen molar-refractivity contribution in [3.8, 4) is 5.75 Å².